The van der Waals surface area contributed by atoms with Gasteiger partial charge in [0, 0.05) is 26.2 Å². The molecule has 0 spiro atoms. The molecule has 1 aliphatic heterocycles. The number of halogens is 2. The zero-order chi connectivity index (χ0) is 14.8. The van der Waals surface area contributed by atoms with E-state index in [1.165, 1.54) is 10.5 Å². The van der Waals surface area contributed by atoms with Gasteiger partial charge in [-0.25, -0.2) is 0 Å². The lowest BCUT2D eigenvalue weighted by molar-refractivity contribution is 0.537. The van der Waals surface area contributed by atoms with Gasteiger partial charge in [0.1, 0.15) is 0 Å². The van der Waals surface area contributed by atoms with Crippen LogP contribution >= 0.6 is 35.0 Å². The summed E-state index contributed by atoms with van der Waals surface area (Å²) in [7, 11) is 2.03. The van der Waals surface area contributed by atoms with E-state index in [4.69, 9.17) is 23.2 Å². The molecular weight excluding hydrogens is 321 g/mol. The molecule has 0 bridgehead atoms. The van der Waals surface area contributed by atoms with Crippen molar-refractivity contribution in [1.29, 1.82) is 0 Å². The van der Waals surface area contributed by atoms with Crippen molar-refractivity contribution in [2.24, 2.45) is 0 Å². The molecule has 0 saturated carbocycles. The number of nitrogens with one attached hydrogen (secondary N) is 1. The Labute approximate surface area is 140 Å². The van der Waals surface area contributed by atoms with Crippen molar-refractivity contribution in [3.05, 3.63) is 63.6 Å². The number of rotatable bonds is 4. The van der Waals surface area contributed by atoms with Gasteiger partial charge in [-0.1, -0.05) is 47.5 Å². The van der Waals surface area contributed by atoms with Crippen LogP contribution in [0.2, 0.25) is 10.0 Å². The lowest BCUT2D eigenvalue weighted by Gasteiger charge is -2.23. The maximum absolute atomic E-state index is 6.31. The molecule has 0 amide bonds. The number of thioether (sulfide) groups is 1. The minimum absolute atomic E-state index is 0.390. The van der Waals surface area contributed by atoms with Crippen molar-refractivity contribution in [3.63, 3.8) is 0 Å². The van der Waals surface area contributed by atoms with Gasteiger partial charge in [-0.15, -0.1) is 11.8 Å². The van der Waals surface area contributed by atoms with E-state index >= 15 is 0 Å². The van der Waals surface area contributed by atoms with Crippen LogP contribution in [0.4, 0.5) is 0 Å². The van der Waals surface area contributed by atoms with Gasteiger partial charge < -0.3 is 5.32 Å². The Morgan fingerprint density at radius 3 is 2.76 bits per heavy atom. The summed E-state index contributed by atoms with van der Waals surface area (Å²) in [4.78, 5) is 1.41. The number of benzene rings is 2. The molecule has 4 heteroatoms. The average molecular weight is 338 g/mol. The van der Waals surface area contributed by atoms with Crippen molar-refractivity contribution in [2.45, 2.75) is 29.0 Å². The van der Waals surface area contributed by atoms with Crippen LogP contribution in [0.5, 0.6) is 0 Å². The molecule has 110 valence electrons. The molecule has 1 nitrogen and oxygen atoms in total. The zero-order valence-corrected chi connectivity index (χ0v) is 14.1. The Balaban J connectivity index is 1.75. The molecule has 2 aromatic carbocycles. The molecule has 0 aromatic heterocycles. The summed E-state index contributed by atoms with van der Waals surface area (Å²) in [6.07, 6.45) is 2.02. The topological polar surface area (TPSA) is 12.0 Å². The fourth-order valence-corrected chi connectivity index (χ4v) is 4.71. The van der Waals surface area contributed by atoms with E-state index in [2.05, 4.69) is 29.6 Å². The summed E-state index contributed by atoms with van der Waals surface area (Å²) in [6, 6.07) is 14.8. The summed E-state index contributed by atoms with van der Waals surface area (Å²) in [5.74, 6) is 0. The normalized spacial score (nSPS) is 18.5. The second-order valence-corrected chi connectivity index (χ2v) is 7.43. The fraction of sp³-hybridized carbons (Fsp3) is 0.294. The Bertz CT molecular complexity index is 619. The standard InChI is InChI=1S/C17H17Cl2NS/c1-20-15(8-11-6-7-13(18)10-14(11)19)17-9-12-4-2-3-5-16(12)21-17/h2-7,10,15,17,20H,8-9H2,1H3. The fourth-order valence-electron chi connectivity index (χ4n) is 2.78. The van der Waals surface area contributed by atoms with Gasteiger partial charge in [0.05, 0.1) is 0 Å². The monoisotopic (exact) mass is 337 g/mol. The summed E-state index contributed by atoms with van der Waals surface area (Å²) in [5, 5.41) is 5.44. The highest BCUT2D eigenvalue weighted by Gasteiger charge is 2.28. The molecule has 0 radical (unpaired) electrons. The van der Waals surface area contributed by atoms with Crippen LogP contribution < -0.4 is 5.32 Å². The SMILES string of the molecule is CNC(Cc1ccc(Cl)cc1Cl)C1Cc2ccccc2S1. The van der Waals surface area contributed by atoms with Crippen molar-refractivity contribution >= 4 is 35.0 Å². The predicted molar refractivity (Wildman–Crippen MR) is 92.8 cm³/mol. The molecule has 2 atom stereocenters. The van der Waals surface area contributed by atoms with Gasteiger partial charge in [-0.2, -0.15) is 0 Å². The second-order valence-electron chi connectivity index (χ2n) is 5.30. The van der Waals surface area contributed by atoms with Crippen molar-refractivity contribution in [3.8, 4) is 0 Å². The van der Waals surface area contributed by atoms with Gasteiger partial charge in [-0.3, -0.25) is 0 Å². The van der Waals surface area contributed by atoms with Gasteiger partial charge in [0.15, 0.2) is 0 Å². The Morgan fingerprint density at radius 2 is 2.05 bits per heavy atom. The van der Waals surface area contributed by atoms with Crippen LogP contribution in [0.15, 0.2) is 47.4 Å². The molecule has 0 fully saturated rings. The number of likely N-dealkylation sites (N-methyl/N-ethyl adjacent to an activating group) is 1. The average Bonchev–Trinajstić information content (AvgIpc) is 2.90. The Morgan fingerprint density at radius 1 is 1.24 bits per heavy atom. The highest BCUT2D eigenvalue weighted by molar-refractivity contribution is 8.00. The molecule has 0 saturated heterocycles. The smallest absolute Gasteiger partial charge is 0.0453 e. The maximum Gasteiger partial charge on any atom is 0.0453 e. The zero-order valence-electron chi connectivity index (χ0n) is 11.8. The third-order valence-corrected chi connectivity index (χ3v) is 5.98. The van der Waals surface area contributed by atoms with E-state index in [-0.39, 0.29) is 0 Å². The molecule has 1 N–H and O–H groups in total. The Hall–Kier alpha value is -0.670. The van der Waals surface area contributed by atoms with Gasteiger partial charge in [0.2, 0.25) is 0 Å². The minimum atomic E-state index is 0.390. The first-order chi connectivity index (χ1) is 10.2. The van der Waals surface area contributed by atoms with Crippen molar-refractivity contribution in [2.75, 3.05) is 7.05 Å². The van der Waals surface area contributed by atoms with E-state index in [1.807, 2.05) is 37.0 Å². The van der Waals surface area contributed by atoms with Crippen molar-refractivity contribution in [1.82, 2.24) is 5.32 Å². The molecule has 2 unspecified atom stereocenters. The first-order valence-electron chi connectivity index (χ1n) is 7.03. The van der Waals surface area contributed by atoms with E-state index in [0.717, 1.165) is 23.4 Å². The van der Waals surface area contributed by atoms with E-state index < -0.39 is 0 Å². The predicted octanol–water partition coefficient (Wildman–Crippen LogP) is 4.84. The summed E-state index contributed by atoms with van der Waals surface area (Å²) in [6.45, 7) is 0. The van der Waals surface area contributed by atoms with Gasteiger partial charge in [0.25, 0.3) is 0 Å². The third kappa shape index (κ3) is 3.40. The van der Waals surface area contributed by atoms with Gasteiger partial charge >= 0.3 is 0 Å². The van der Waals surface area contributed by atoms with Crippen LogP contribution in [-0.2, 0) is 12.8 Å². The summed E-state index contributed by atoms with van der Waals surface area (Å²) in [5.41, 5.74) is 2.60. The second kappa shape index (κ2) is 6.62. The number of hydrogen-bond acceptors (Lipinski definition) is 2. The van der Waals surface area contributed by atoms with Crippen LogP contribution in [0, 0.1) is 0 Å². The highest BCUT2D eigenvalue weighted by Crippen LogP contribution is 2.39. The van der Waals surface area contributed by atoms with Crippen LogP contribution in [0.1, 0.15) is 11.1 Å². The number of fused-ring (bicyclic) bond motifs is 1. The van der Waals surface area contributed by atoms with Crippen LogP contribution in [-0.4, -0.2) is 18.3 Å². The maximum atomic E-state index is 6.31. The summed E-state index contributed by atoms with van der Waals surface area (Å²) < 4.78 is 0. The molecule has 21 heavy (non-hydrogen) atoms. The van der Waals surface area contributed by atoms with E-state index in [1.54, 1.807) is 0 Å². The van der Waals surface area contributed by atoms with Crippen LogP contribution in [0.25, 0.3) is 0 Å². The molecule has 0 aliphatic carbocycles. The Kier molecular flexibility index (Phi) is 4.80. The molecule has 3 rings (SSSR count). The van der Waals surface area contributed by atoms with Crippen LogP contribution in [0.3, 0.4) is 0 Å². The largest absolute Gasteiger partial charge is 0.316 e. The quantitative estimate of drug-likeness (QED) is 0.856. The molecular formula is C17H17Cl2NS. The lowest BCUT2D eigenvalue weighted by atomic mass is 9.99. The van der Waals surface area contributed by atoms with E-state index in [0.29, 0.717) is 16.3 Å². The number of hydrogen-bond donors (Lipinski definition) is 1. The van der Waals surface area contributed by atoms with E-state index in [9.17, 15) is 0 Å². The minimum Gasteiger partial charge on any atom is -0.316 e. The first-order valence-corrected chi connectivity index (χ1v) is 8.66. The lowest BCUT2D eigenvalue weighted by Crippen LogP contribution is -2.37. The van der Waals surface area contributed by atoms with Crippen molar-refractivity contribution < 1.29 is 0 Å². The molecule has 1 heterocycles. The van der Waals surface area contributed by atoms with Gasteiger partial charge in [-0.05, 0) is 49.2 Å². The summed E-state index contributed by atoms with van der Waals surface area (Å²) >= 11 is 14.2. The first kappa shape index (κ1) is 15.2. The highest BCUT2D eigenvalue weighted by atomic mass is 35.5. The molecule has 2 aromatic rings. The molecule has 1 aliphatic rings. The third-order valence-electron chi connectivity index (χ3n) is 3.95.